The summed E-state index contributed by atoms with van der Waals surface area (Å²) in [7, 11) is 1.71. The van der Waals surface area contributed by atoms with E-state index in [0.29, 0.717) is 10.9 Å². The monoisotopic (exact) mass is 255 g/mol. The van der Waals surface area contributed by atoms with Gasteiger partial charge < -0.3 is 9.67 Å². The predicted molar refractivity (Wildman–Crippen MR) is 58.7 cm³/mol. The minimum absolute atomic E-state index is 0.0859. The molecule has 0 unspecified atom stereocenters. The molecule has 2 rings (SSSR count). The van der Waals surface area contributed by atoms with Crippen LogP contribution in [0.15, 0.2) is 26.0 Å². The molecule has 17 heavy (non-hydrogen) atoms. The molecule has 8 nitrogen and oxygen atoms in total. The van der Waals surface area contributed by atoms with Crippen molar-refractivity contribution in [1.82, 2.24) is 24.7 Å². The molecule has 0 saturated carbocycles. The van der Waals surface area contributed by atoms with Crippen LogP contribution in [0.3, 0.4) is 0 Å². The van der Waals surface area contributed by atoms with Crippen LogP contribution in [-0.2, 0) is 13.7 Å². The summed E-state index contributed by atoms with van der Waals surface area (Å²) in [5.41, 5.74) is -0.615. The van der Waals surface area contributed by atoms with E-state index in [2.05, 4.69) is 20.2 Å². The molecule has 0 spiro atoms. The van der Waals surface area contributed by atoms with Gasteiger partial charge in [-0.2, -0.15) is 5.10 Å². The lowest BCUT2D eigenvalue weighted by Gasteiger charge is -2.01. The maximum Gasteiger partial charge on any atom is 0.342 e. The molecule has 3 N–H and O–H groups in total. The van der Waals surface area contributed by atoms with Crippen LogP contribution in [0.1, 0.15) is 5.69 Å². The SMILES string of the molecule is Cn1c(CO)cnc1Sc1n[nH]c(=O)[nH]c1=O. The van der Waals surface area contributed by atoms with Crippen molar-refractivity contribution in [2.45, 2.75) is 16.8 Å². The van der Waals surface area contributed by atoms with Crippen LogP contribution in [0.5, 0.6) is 0 Å². The molecule has 0 aliphatic carbocycles. The van der Waals surface area contributed by atoms with E-state index in [1.54, 1.807) is 11.6 Å². The van der Waals surface area contributed by atoms with Gasteiger partial charge in [0.15, 0.2) is 10.2 Å². The summed E-state index contributed by atoms with van der Waals surface area (Å²) in [6.45, 7) is -0.139. The number of rotatable bonds is 3. The molecule has 0 aromatic carbocycles. The summed E-state index contributed by atoms with van der Waals surface area (Å²) < 4.78 is 1.64. The Morgan fingerprint density at radius 2 is 2.29 bits per heavy atom. The first kappa shape index (κ1) is 11.6. The third-order valence-electron chi connectivity index (χ3n) is 2.07. The van der Waals surface area contributed by atoms with Gasteiger partial charge >= 0.3 is 5.69 Å². The number of aromatic nitrogens is 5. The first-order valence-electron chi connectivity index (χ1n) is 4.60. The lowest BCUT2D eigenvalue weighted by Crippen LogP contribution is -2.25. The number of nitrogens with zero attached hydrogens (tertiary/aromatic N) is 3. The highest BCUT2D eigenvalue weighted by Gasteiger charge is 2.11. The summed E-state index contributed by atoms with van der Waals surface area (Å²) in [5.74, 6) is 0. The van der Waals surface area contributed by atoms with E-state index in [0.717, 1.165) is 11.8 Å². The molecule has 0 radical (unpaired) electrons. The van der Waals surface area contributed by atoms with E-state index in [9.17, 15) is 9.59 Å². The fourth-order valence-electron chi connectivity index (χ4n) is 1.16. The Kier molecular flexibility index (Phi) is 3.11. The van der Waals surface area contributed by atoms with Gasteiger partial charge in [-0.15, -0.1) is 0 Å². The van der Waals surface area contributed by atoms with Crippen molar-refractivity contribution in [3.63, 3.8) is 0 Å². The van der Waals surface area contributed by atoms with Crippen LogP contribution in [0, 0.1) is 0 Å². The van der Waals surface area contributed by atoms with Gasteiger partial charge in [-0.3, -0.25) is 9.78 Å². The Labute approximate surface area is 98.7 Å². The number of H-pyrrole nitrogens is 2. The van der Waals surface area contributed by atoms with Crippen molar-refractivity contribution in [1.29, 1.82) is 0 Å². The van der Waals surface area contributed by atoms with E-state index < -0.39 is 11.2 Å². The third-order valence-corrected chi connectivity index (χ3v) is 3.10. The maximum absolute atomic E-state index is 11.4. The molecule has 0 atom stereocenters. The smallest absolute Gasteiger partial charge is 0.342 e. The van der Waals surface area contributed by atoms with Crippen molar-refractivity contribution in [3.8, 4) is 0 Å². The molecule has 0 fully saturated rings. The van der Waals surface area contributed by atoms with Gasteiger partial charge in [0.2, 0.25) is 0 Å². The van der Waals surface area contributed by atoms with Crippen LogP contribution in [0.4, 0.5) is 0 Å². The highest BCUT2D eigenvalue weighted by atomic mass is 32.2. The quantitative estimate of drug-likeness (QED) is 0.636. The molecule has 0 aliphatic rings. The molecule has 2 aromatic heterocycles. The second-order valence-electron chi connectivity index (χ2n) is 3.16. The molecule has 2 aromatic rings. The predicted octanol–water partition coefficient (Wildman–Crippen LogP) is -1.16. The van der Waals surface area contributed by atoms with Gasteiger partial charge in [0.05, 0.1) is 18.5 Å². The molecule has 0 bridgehead atoms. The fraction of sp³-hybridized carbons (Fsp3) is 0.250. The molecule has 0 saturated heterocycles. The second-order valence-corrected chi connectivity index (χ2v) is 4.12. The Morgan fingerprint density at radius 1 is 1.53 bits per heavy atom. The van der Waals surface area contributed by atoms with Gasteiger partial charge in [0.1, 0.15) is 0 Å². The first-order chi connectivity index (χ1) is 8.11. The number of hydrogen-bond donors (Lipinski definition) is 3. The molecule has 0 aliphatic heterocycles. The molecular formula is C8H9N5O3S. The second kappa shape index (κ2) is 4.55. The van der Waals surface area contributed by atoms with Crippen molar-refractivity contribution in [3.05, 3.63) is 32.7 Å². The third kappa shape index (κ3) is 2.29. The zero-order valence-electron chi connectivity index (χ0n) is 8.80. The first-order valence-corrected chi connectivity index (χ1v) is 5.41. The fourth-order valence-corrected chi connectivity index (χ4v) is 1.93. The van der Waals surface area contributed by atoms with Crippen LogP contribution in [-0.4, -0.2) is 29.8 Å². The number of aromatic amines is 2. The minimum Gasteiger partial charge on any atom is -0.390 e. The van der Waals surface area contributed by atoms with Crippen molar-refractivity contribution >= 4 is 11.8 Å². The van der Waals surface area contributed by atoms with Crippen LogP contribution >= 0.6 is 11.8 Å². The Balaban J connectivity index is 2.35. The van der Waals surface area contributed by atoms with Gasteiger partial charge in [0, 0.05) is 7.05 Å². The molecule has 0 amide bonds. The van der Waals surface area contributed by atoms with Crippen molar-refractivity contribution < 1.29 is 5.11 Å². The minimum atomic E-state index is -0.657. The van der Waals surface area contributed by atoms with E-state index in [1.165, 1.54) is 6.20 Å². The number of nitrogens with one attached hydrogen (secondary N) is 2. The van der Waals surface area contributed by atoms with Crippen LogP contribution < -0.4 is 11.2 Å². The number of aliphatic hydroxyl groups excluding tert-OH is 1. The maximum atomic E-state index is 11.4. The Bertz CT molecular complexity index is 643. The molecule has 90 valence electrons. The van der Waals surface area contributed by atoms with Gasteiger partial charge in [-0.1, -0.05) is 0 Å². The summed E-state index contributed by atoms with van der Waals surface area (Å²) in [6, 6.07) is 0. The van der Waals surface area contributed by atoms with Gasteiger partial charge in [0.25, 0.3) is 5.56 Å². The largest absolute Gasteiger partial charge is 0.390 e. The normalized spacial score (nSPS) is 10.7. The van der Waals surface area contributed by atoms with Gasteiger partial charge in [-0.25, -0.2) is 14.9 Å². The summed E-state index contributed by atoms with van der Waals surface area (Å²) in [6.07, 6.45) is 1.50. The molecule has 2 heterocycles. The Morgan fingerprint density at radius 3 is 2.88 bits per heavy atom. The number of aliphatic hydroxyl groups is 1. The number of hydrogen-bond acceptors (Lipinski definition) is 6. The zero-order valence-corrected chi connectivity index (χ0v) is 9.61. The Hall–Kier alpha value is -1.87. The lowest BCUT2D eigenvalue weighted by atomic mass is 10.5. The van der Waals surface area contributed by atoms with Crippen molar-refractivity contribution in [2.75, 3.05) is 0 Å². The van der Waals surface area contributed by atoms with E-state index in [1.807, 2.05) is 0 Å². The highest BCUT2D eigenvalue weighted by Crippen LogP contribution is 2.21. The van der Waals surface area contributed by atoms with Gasteiger partial charge in [-0.05, 0) is 11.8 Å². The topological polar surface area (TPSA) is 117 Å². The molecular weight excluding hydrogens is 246 g/mol. The summed E-state index contributed by atoms with van der Waals surface area (Å²) in [4.78, 5) is 28.3. The summed E-state index contributed by atoms with van der Waals surface area (Å²) in [5, 5.41) is 15.3. The average Bonchev–Trinajstić information content (AvgIpc) is 2.64. The summed E-state index contributed by atoms with van der Waals surface area (Å²) >= 11 is 1.00. The van der Waals surface area contributed by atoms with Crippen LogP contribution in [0.2, 0.25) is 0 Å². The van der Waals surface area contributed by atoms with Crippen LogP contribution in [0.25, 0.3) is 0 Å². The lowest BCUT2D eigenvalue weighted by molar-refractivity contribution is 0.271. The standard InChI is InChI=1S/C8H9N5O3S/c1-13-4(3-14)2-9-8(13)17-6-5(15)10-7(16)12-11-6/h2,14H,3H2,1H3,(H2,10,12,15,16). The highest BCUT2D eigenvalue weighted by molar-refractivity contribution is 7.99. The number of imidazole rings is 1. The van der Waals surface area contributed by atoms with E-state index >= 15 is 0 Å². The van der Waals surface area contributed by atoms with E-state index in [-0.39, 0.29) is 11.6 Å². The zero-order chi connectivity index (χ0) is 12.4. The van der Waals surface area contributed by atoms with Crippen molar-refractivity contribution in [2.24, 2.45) is 7.05 Å². The van der Waals surface area contributed by atoms with E-state index in [4.69, 9.17) is 5.11 Å². The average molecular weight is 255 g/mol. The molecule has 9 heteroatoms.